The summed E-state index contributed by atoms with van der Waals surface area (Å²) in [6.07, 6.45) is 3.16. The standard InChI is InChI=1S/C10H10/c1-2-4-7-8(4)10-6-3(1)5(6)9(7)10/h3-6,9-10H,1-2H2. The minimum absolute atomic E-state index is 1.11. The van der Waals surface area contributed by atoms with Gasteiger partial charge in [0.15, 0.2) is 0 Å². The average Bonchev–Trinajstić information content (AvgIpc) is 2.56. The fourth-order valence-corrected chi connectivity index (χ4v) is 4.69. The first kappa shape index (κ1) is 3.94. The predicted molar refractivity (Wildman–Crippen MR) is 37.2 cm³/mol. The lowest BCUT2D eigenvalue weighted by Crippen LogP contribution is -2.32. The molecule has 0 heteroatoms. The first-order valence-corrected chi connectivity index (χ1v) is 4.72. The van der Waals surface area contributed by atoms with Crippen molar-refractivity contribution in [1.29, 1.82) is 0 Å². The van der Waals surface area contributed by atoms with E-state index in [-0.39, 0.29) is 0 Å². The molecule has 0 heterocycles. The van der Waals surface area contributed by atoms with Crippen molar-refractivity contribution in [1.82, 2.24) is 0 Å². The van der Waals surface area contributed by atoms with Crippen LogP contribution in [0.15, 0.2) is 11.1 Å². The molecule has 0 aromatic heterocycles. The Bertz CT molecular complexity index is 271. The third kappa shape index (κ3) is 0.176. The summed E-state index contributed by atoms with van der Waals surface area (Å²) >= 11 is 0. The van der Waals surface area contributed by atoms with Gasteiger partial charge in [-0.1, -0.05) is 11.1 Å². The van der Waals surface area contributed by atoms with Crippen molar-refractivity contribution < 1.29 is 0 Å². The van der Waals surface area contributed by atoms with Crippen molar-refractivity contribution in [3.8, 4) is 0 Å². The van der Waals surface area contributed by atoms with Crippen LogP contribution in [0, 0.1) is 35.5 Å². The molecule has 4 saturated carbocycles. The Labute approximate surface area is 60.3 Å². The molecular weight excluding hydrogens is 120 g/mol. The second-order valence-corrected chi connectivity index (χ2v) is 4.91. The fourth-order valence-electron chi connectivity index (χ4n) is 4.69. The zero-order chi connectivity index (χ0) is 6.03. The van der Waals surface area contributed by atoms with Gasteiger partial charge in [0.1, 0.15) is 0 Å². The molecule has 6 aliphatic carbocycles. The topological polar surface area (TPSA) is 0 Å². The Kier molecular flexibility index (Phi) is 0.311. The van der Waals surface area contributed by atoms with Crippen LogP contribution < -0.4 is 0 Å². The molecule has 6 aliphatic rings. The van der Waals surface area contributed by atoms with Crippen LogP contribution in [-0.2, 0) is 0 Å². The molecule has 0 aromatic carbocycles. The Hall–Kier alpha value is -0.260. The van der Waals surface area contributed by atoms with Gasteiger partial charge in [0.2, 0.25) is 0 Å². The largest absolute Gasteiger partial charge is 0.0589 e. The van der Waals surface area contributed by atoms with Gasteiger partial charge < -0.3 is 0 Å². The number of fused-ring (bicyclic) bond motifs is 1. The third-order valence-electron chi connectivity index (χ3n) is 5.02. The number of hydrogen-bond donors (Lipinski definition) is 0. The Morgan fingerprint density at radius 1 is 0.900 bits per heavy atom. The fraction of sp³-hybridized carbons (Fsp3) is 0.800. The molecule has 0 amide bonds. The van der Waals surface area contributed by atoms with Crippen LogP contribution in [0.5, 0.6) is 0 Å². The normalized spacial score (nSPS) is 76.8. The summed E-state index contributed by atoms with van der Waals surface area (Å²) in [6, 6.07) is 0. The van der Waals surface area contributed by atoms with E-state index in [9.17, 15) is 0 Å². The second kappa shape index (κ2) is 0.790. The van der Waals surface area contributed by atoms with Crippen molar-refractivity contribution in [2.24, 2.45) is 35.5 Å². The van der Waals surface area contributed by atoms with E-state index in [0.717, 1.165) is 5.92 Å². The molecule has 4 atom stereocenters. The summed E-state index contributed by atoms with van der Waals surface area (Å²) in [7, 11) is 0. The highest BCUT2D eigenvalue weighted by Gasteiger charge is 2.81. The Balaban J connectivity index is 1.87. The lowest BCUT2D eigenvalue weighted by atomic mass is 9.66. The summed E-state index contributed by atoms with van der Waals surface area (Å²) in [5, 5.41) is 0. The molecule has 4 fully saturated rings. The highest BCUT2D eigenvalue weighted by molar-refractivity contribution is 5.62. The van der Waals surface area contributed by atoms with Crippen LogP contribution in [0.4, 0.5) is 0 Å². The maximum atomic E-state index is 1.98. The summed E-state index contributed by atoms with van der Waals surface area (Å²) < 4.78 is 0. The number of hydrogen-bond acceptors (Lipinski definition) is 0. The first-order valence-electron chi connectivity index (χ1n) is 4.72. The maximum Gasteiger partial charge on any atom is 0.00193 e. The Morgan fingerprint density at radius 2 is 1.60 bits per heavy atom. The average molecular weight is 130 g/mol. The molecule has 50 valence electrons. The highest BCUT2D eigenvalue weighted by atomic mass is 14.9. The van der Waals surface area contributed by atoms with Gasteiger partial charge in [-0.05, 0) is 42.4 Å². The van der Waals surface area contributed by atoms with Crippen LogP contribution in [-0.4, -0.2) is 0 Å². The van der Waals surface area contributed by atoms with Gasteiger partial charge in [-0.2, -0.15) is 0 Å². The quantitative estimate of drug-likeness (QED) is 0.439. The summed E-state index contributed by atoms with van der Waals surface area (Å²) in [4.78, 5) is 0. The molecule has 0 aromatic rings. The van der Waals surface area contributed by atoms with E-state index < -0.39 is 0 Å². The van der Waals surface area contributed by atoms with Gasteiger partial charge in [0.05, 0.1) is 0 Å². The van der Waals surface area contributed by atoms with Crippen LogP contribution in [0.3, 0.4) is 0 Å². The van der Waals surface area contributed by atoms with Crippen LogP contribution in [0.25, 0.3) is 0 Å². The minimum atomic E-state index is 1.11. The molecule has 2 bridgehead atoms. The minimum Gasteiger partial charge on any atom is -0.0589 e. The monoisotopic (exact) mass is 130 g/mol. The van der Waals surface area contributed by atoms with E-state index >= 15 is 0 Å². The van der Waals surface area contributed by atoms with Gasteiger partial charge in [-0.3, -0.25) is 0 Å². The Morgan fingerprint density at radius 3 is 2.30 bits per heavy atom. The van der Waals surface area contributed by atoms with Gasteiger partial charge in [-0.25, -0.2) is 0 Å². The molecule has 0 radical (unpaired) electrons. The zero-order valence-corrected chi connectivity index (χ0v) is 5.88. The van der Waals surface area contributed by atoms with E-state index in [0.29, 0.717) is 0 Å². The number of rotatable bonds is 0. The van der Waals surface area contributed by atoms with E-state index in [1.54, 1.807) is 12.8 Å². The molecule has 0 spiro atoms. The van der Waals surface area contributed by atoms with E-state index in [4.69, 9.17) is 0 Å². The van der Waals surface area contributed by atoms with E-state index in [1.165, 1.54) is 29.6 Å². The second-order valence-electron chi connectivity index (χ2n) is 4.91. The molecule has 4 unspecified atom stereocenters. The molecule has 0 nitrogen and oxygen atoms in total. The van der Waals surface area contributed by atoms with Crippen molar-refractivity contribution >= 4 is 0 Å². The summed E-state index contributed by atoms with van der Waals surface area (Å²) in [6.45, 7) is 0. The van der Waals surface area contributed by atoms with Gasteiger partial charge in [-0.15, -0.1) is 0 Å². The maximum absolute atomic E-state index is 1.98. The molecule has 0 saturated heterocycles. The van der Waals surface area contributed by atoms with Gasteiger partial charge in [0.25, 0.3) is 0 Å². The predicted octanol–water partition coefficient (Wildman–Crippen LogP) is 1.83. The number of allylic oxidation sites excluding steroid dienone is 2. The van der Waals surface area contributed by atoms with Gasteiger partial charge in [0, 0.05) is 5.92 Å². The lowest BCUT2D eigenvalue weighted by molar-refractivity contribution is 0.222. The molecule has 10 heavy (non-hydrogen) atoms. The first-order chi connectivity index (χ1) is 4.98. The zero-order valence-electron chi connectivity index (χ0n) is 5.88. The lowest BCUT2D eigenvalue weighted by Gasteiger charge is -2.37. The summed E-state index contributed by atoms with van der Waals surface area (Å²) in [5.74, 6) is 7.22. The van der Waals surface area contributed by atoms with Crippen LogP contribution in [0.2, 0.25) is 0 Å². The highest BCUT2D eigenvalue weighted by Crippen LogP contribution is 2.88. The van der Waals surface area contributed by atoms with E-state index in [2.05, 4.69) is 0 Å². The molecule has 6 rings (SSSR count). The van der Waals surface area contributed by atoms with Crippen molar-refractivity contribution in [3.05, 3.63) is 11.1 Å². The summed E-state index contributed by atoms with van der Waals surface area (Å²) in [5.41, 5.74) is 3.96. The van der Waals surface area contributed by atoms with Crippen molar-refractivity contribution in [3.63, 3.8) is 0 Å². The molecule has 0 N–H and O–H groups in total. The molecule has 0 aliphatic heterocycles. The van der Waals surface area contributed by atoms with Crippen molar-refractivity contribution in [2.45, 2.75) is 12.8 Å². The van der Waals surface area contributed by atoms with Crippen LogP contribution >= 0.6 is 0 Å². The smallest absolute Gasteiger partial charge is 0.00193 e. The van der Waals surface area contributed by atoms with Crippen molar-refractivity contribution in [2.75, 3.05) is 0 Å². The SMILES string of the molecule is C1CC2C3C4C5=C(C15)C4C23. The van der Waals surface area contributed by atoms with Crippen LogP contribution in [0.1, 0.15) is 12.8 Å². The molecular formula is C10H10. The third-order valence-corrected chi connectivity index (χ3v) is 5.02. The van der Waals surface area contributed by atoms with Gasteiger partial charge >= 0.3 is 0 Å². The van der Waals surface area contributed by atoms with E-state index in [1.807, 2.05) is 11.1 Å².